The van der Waals surface area contributed by atoms with Crippen LogP contribution in [-0.4, -0.2) is 27.0 Å². The zero-order valence-corrected chi connectivity index (χ0v) is 6.44. The Hall–Kier alpha value is -1.98. The van der Waals surface area contributed by atoms with Gasteiger partial charge in [-0.25, -0.2) is 14.8 Å². The molecule has 1 amide bonds. The zero-order chi connectivity index (χ0) is 9.42. The van der Waals surface area contributed by atoms with Gasteiger partial charge in [-0.15, -0.1) is 0 Å². The first-order valence-electron chi connectivity index (χ1n) is 3.56. The molecule has 0 spiro atoms. The molecular formula is C7H5N3O3. The van der Waals surface area contributed by atoms with Crippen molar-refractivity contribution in [3.63, 3.8) is 0 Å². The van der Waals surface area contributed by atoms with E-state index in [0.29, 0.717) is 11.4 Å². The van der Waals surface area contributed by atoms with Gasteiger partial charge in [0.1, 0.15) is 5.82 Å². The average molecular weight is 179 g/mol. The number of amides is 1. The highest BCUT2D eigenvalue weighted by molar-refractivity contribution is 5.98. The lowest BCUT2D eigenvalue weighted by Gasteiger charge is -1.96. The van der Waals surface area contributed by atoms with E-state index >= 15 is 0 Å². The van der Waals surface area contributed by atoms with Gasteiger partial charge in [-0.3, -0.25) is 4.79 Å². The van der Waals surface area contributed by atoms with Crippen LogP contribution in [0.5, 0.6) is 0 Å². The topological polar surface area (TPSA) is 92.2 Å². The molecular weight excluding hydrogens is 174 g/mol. The van der Waals surface area contributed by atoms with Gasteiger partial charge in [-0.1, -0.05) is 0 Å². The summed E-state index contributed by atoms with van der Waals surface area (Å²) in [5.74, 6) is -1.39. The number of carbonyl (C=O) groups excluding carboxylic acids is 1. The number of aromatic carboxylic acids is 1. The molecule has 13 heavy (non-hydrogen) atoms. The Morgan fingerprint density at radius 1 is 1.62 bits per heavy atom. The third kappa shape index (κ3) is 1.22. The van der Waals surface area contributed by atoms with E-state index in [2.05, 4.69) is 15.3 Å². The van der Waals surface area contributed by atoms with Gasteiger partial charge in [0.2, 0.25) is 11.7 Å². The first-order chi connectivity index (χ1) is 6.16. The molecule has 1 aromatic rings. The molecule has 0 saturated heterocycles. The average Bonchev–Trinajstić information content (AvgIpc) is 2.42. The number of carboxylic acid groups (broad SMARTS) is 1. The zero-order valence-electron chi connectivity index (χ0n) is 6.44. The summed E-state index contributed by atoms with van der Waals surface area (Å²) in [4.78, 5) is 28.5. The van der Waals surface area contributed by atoms with Crippen molar-refractivity contribution in [2.45, 2.75) is 6.42 Å². The molecule has 2 rings (SSSR count). The lowest BCUT2D eigenvalue weighted by atomic mass is 10.3. The molecule has 0 atom stereocenters. The summed E-state index contributed by atoms with van der Waals surface area (Å²) < 4.78 is 0. The van der Waals surface area contributed by atoms with E-state index in [1.165, 1.54) is 6.20 Å². The fourth-order valence-corrected chi connectivity index (χ4v) is 1.10. The third-order valence-corrected chi connectivity index (χ3v) is 1.66. The molecule has 6 heteroatoms. The second kappa shape index (κ2) is 2.51. The van der Waals surface area contributed by atoms with Crippen molar-refractivity contribution < 1.29 is 14.7 Å². The third-order valence-electron chi connectivity index (χ3n) is 1.66. The largest absolute Gasteiger partial charge is 0.475 e. The molecule has 0 saturated carbocycles. The van der Waals surface area contributed by atoms with Crippen LogP contribution >= 0.6 is 0 Å². The Bertz CT molecular complexity index is 402. The normalized spacial score (nSPS) is 13.7. The van der Waals surface area contributed by atoms with Gasteiger partial charge in [0.15, 0.2) is 0 Å². The van der Waals surface area contributed by atoms with Gasteiger partial charge >= 0.3 is 5.97 Å². The first-order valence-corrected chi connectivity index (χ1v) is 3.56. The van der Waals surface area contributed by atoms with Crippen molar-refractivity contribution in [2.24, 2.45) is 0 Å². The number of hydrogen-bond donors (Lipinski definition) is 2. The van der Waals surface area contributed by atoms with Crippen LogP contribution in [0.15, 0.2) is 6.20 Å². The minimum absolute atomic E-state index is 0.188. The van der Waals surface area contributed by atoms with Crippen molar-refractivity contribution in [1.29, 1.82) is 0 Å². The molecule has 1 aliphatic rings. The number of nitrogens with zero attached hydrogens (tertiary/aromatic N) is 2. The minimum atomic E-state index is -1.20. The fraction of sp³-hybridized carbons (Fsp3) is 0.143. The Kier molecular flexibility index (Phi) is 1.48. The molecule has 0 bridgehead atoms. The van der Waals surface area contributed by atoms with Gasteiger partial charge in [0.05, 0.1) is 6.42 Å². The lowest BCUT2D eigenvalue weighted by Crippen LogP contribution is -2.07. The lowest BCUT2D eigenvalue weighted by molar-refractivity contribution is -0.115. The molecule has 0 aromatic carbocycles. The quantitative estimate of drug-likeness (QED) is 0.615. The molecule has 1 aromatic heterocycles. The molecule has 6 nitrogen and oxygen atoms in total. The van der Waals surface area contributed by atoms with E-state index in [1.54, 1.807) is 0 Å². The van der Waals surface area contributed by atoms with E-state index in [1.807, 2.05) is 0 Å². The molecule has 2 N–H and O–H groups in total. The van der Waals surface area contributed by atoms with Gasteiger partial charge in [-0.2, -0.15) is 0 Å². The highest BCUT2D eigenvalue weighted by Crippen LogP contribution is 2.18. The van der Waals surface area contributed by atoms with Crippen molar-refractivity contribution in [2.75, 3.05) is 5.32 Å². The monoisotopic (exact) mass is 179 g/mol. The van der Waals surface area contributed by atoms with Crippen molar-refractivity contribution in [3.05, 3.63) is 17.6 Å². The number of aromatic nitrogens is 2. The molecule has 0 radical (unpaired) electrons. The molecule has 0 unspecified atom stereocenters. The maximum Gasteiger partial charge on any atom is 0.374 e. The van der Waals surface area contributed by atoms with E-state index < -0.39 is 5.97 Å². The number of rotatable bonds is 1. The summed E-state index contributed by atoms with van der Waals surface area (Å²) in [6, 6.07) is 0. The summed E-state index contributed by atoms with van der Waals surface area (Å²) in [6.07, 6.45) is 1.57. The van der Waals surface area contributed by atoms with E-state index in [4.69, 9.17) is 5.11 Å². The number of hydrogen-bond acceptors (Lipinski definition) is 4. The predicted molar refractivity (Wildman–Crippen MR) is 41.3 cm³/mol. The van der Waals surface area contributed by atoms with Gasteiger partial charge in [0.25, 0.3) is 0 Å². The molecule has 0 fully saturated rings. The van der Waals surface area contributed by atoms with Crippen LogP contribution < -0.4 is 5.32 Å². The summed E-state index contributed by atoms with van der Waals surface area (Å²) in [6.45, 7) is 0. The van der Waals surface area contributed by atoms with Crippen LogP contribution in [-0.2, 0) is 11.2 Å². The number of carbonyl (C=O) groups is 2. The molecule has 2 heterocycles. The standard InChI is InChI=1S/C7H5N3O3/c11-4-1-3-2-8-6(7(12)13)10-5(3)9-4/h2H,1H2,(H,12,13)(H,8,9,10,11). The Morgan fingerprint density at radius 3 is 3.08 bits per heavy atom. The summed E-state index contributed by atoms with van der Waals surface area (Å²) >= 11 is 0. The highest BCUT2D eigenvalue weighted by Gasteiger charge is 2.21. The van der Waals surface area contributed by atoms with E-state index in [0.717, 1.165) is 0 Å². The van der Waals surface area contributed by atoms with Crippen LogP contribution in [0, 0.1) is 0 Å². The maximum atomic E-state index is 10.9. The van der Waals surface area contributed by atoms with Crippen LogP contribution in [0.25, 0.3) is 0 Å². The number of anilines is 1. The Morgan fingerprint density at radius 2 is 2.38 bits per heavy atom. The minimum Gasteiger partial charge on any atom is -0.475 e. The van der Waals surface area contributed by atoms with Crippen LogP contribution in [0.3, 0.4) is 0 Å². The fourth-order valence-electron chi connectivity index (χ4n) is 1.10. The van der Waals surface area contributed by atoms with Crippen LogP contribution in [0.2, 0.25) is 0 Å². The van der Waals surface area contributed by atoms with Crippen LogP contribution in [0.4, 0.5) is 5.82 Å². The number of nitrogens with one attached hydrogen (secondary N) is 1. The predicted octanol–water partition coefficient (Wildman–Crippen LogP) is -0.331. The van der Waals surface area contributed by atoms with E-state index in [9.17, 15) is 9.59 Å². The summed E-state index contributed by atoms with van der Waals surface area (Å²) in [7, 11) is 0. The smallest absolute Gasteiger partial charge is 0.374 e. The molecule has 0 aliphatic carbocycles. The van der Waals surface area contributed by atoms with Crippen molar-refractivity contribution in [3.8, 4) is 0 Å². The van der Waals surface area contributed by atoms with Gasteiger partial charge < -0.3 is 10.4 Å². The summed E-state index contributed by atoms with van der Waals surface area (Å²) in [5, 5.41) is 11.0. The maximum absolute atomic E-state index is 10.9. The second-order valence-electron chi connectivity index (χ2n) is 2.60. The first kappa shape index (κ1) is 7.66. The van der Waals surface area contributed by atoms with Gasteiger partial charge in [0, 0.05) is 11.8 Å². The second-order valence-corrected chi connectivity index (χ2v) is 2.60. The molecule has 1 aliphatic heterocycles. The van der Waals surface area contributed by atoms with Gasteiger partial charge in [-0.05, 0) is 0 Å². The number of fused-ring (bicyclic) bond motifs is 1. The summed E-state index contributed by atoms with van der Waals surface area (Å²) in [5.41, 5.74) is 0.634. The Labute approximate surface area is 72.6 Å². The molecule has 66 valence electrons. The van der Waals surface area contributed by atoms with Crippen LogP contribution in [0.1, 0.15) is 16.2 Å². The van der Waals surface area contributed by atoms with Crippen molar-refractivity contribution in [1.82, 2.24) is 9.97 Å². The van der Waals surface area contributed by atoms with Crippen molar-refractivity contribution >= 4 is 17.7 Å². The highest BCUT2D eigenvalue weighted by atomic mass is 16.4. The SMILES string of the molecule is O=C1Cc2cnc(C(=O)O)nc2N1. The number of carboxylic acids is 1. The van der Waals surface area contributed by atoms with E-state index in [-0.39, 0.29) is 18.2 Å². The Balaban J connectivity index is 2.45.